The molecule has 5 nitrogen and oxygen atoms in total. The molecular weight excluding hydrogens is 312 g/mol. The second-order valence-corrected chi connectivity index (χ2v) is 7.06. The van der Waals surface area contributed by atoms with E-state index in [1.54, 1.807) is 4.68 Å². The van der Waals surface area contributed by atoms with Gasteiger partial charge >= 0.3 is 6.03 Å². The standard InChI is InChI=1S/C20H38N4O/c1-4-5-6-7-8-9-10-11-12-13-14-15-16-21-20(25)22-19-17-18(2)23-24(19)3/h17H,4-16H2,1-3H3,(H2,21,22,25). The van der Waals surface area contributed by atoms with Crippen molar-refractivity contribution >= 4 is 11.8 Å². The van der Waals surface area contributed by atoms with Crippen molar-refractivity contribution in [3.63, 3.8) is 0 Å². The second-order valence-electron chi connectivity index (χ2n) is 7.06. The van der Waals surface area contributed by atoms with Crippen LogP contribution in [0, 0.1) is 6.92 Å². The van der Waals surface area contributed by atoms with Gasteiger partial charge in [0, 0.05) is 19.7 Å². The summed E-state index contributed by atoms with van der Waals surface area (Å²) in [6.07, 6.45) is 16.0. The first kappa shape index (κ1) is 21.5. The Hall–Kier alpha value is -1.52. The first-order chi connectivity index (χ1) is 12.1. The van der Waals surface area contributed by atoms with Crippen LogP contribution < -0.4 is 10.6 Å². The maximum atomic E-state index is 11.8. The summed E-state index contributed by atoms with van der Waals surface area (Å²) in [5, 5.41) is 9.94. The molecule has 144 valence electrons. The van der Waals surface area contributed by atoms with Gasteiger partial charge in [0.15, 0.2) is 0 Å². The van der Waals surface area contributed by atoms with Crippen molar-refractivity contribution in [2.24, 2.45) is 7.05 Å². The summed E-state index contributed by atoms with van der Waals surface area (Å²) in [6.45, 7) is 4.92. The second kappa shape index (κ2) is 13.7. The highest BCUT2D eigenvalue weighted by molar-refractivity contribution is 5.88. The van der Waals surface area contributed by atoms with Crippen LogP contribution in [0.25, 0.3) is 0 Å². The van der Waals surface area contributed by atoms with E-state index in [0.717, 1.165) is 24.5 Å². The number of anilines is 1. The molecule has 2 N–H and O–H groups in total. The monoisotopic (exact) mass is 350 g/mol. The summed E-state index contributed by atoms with van der Waals surface area (Å²) in [6, 6.07) is 1.72. The Kier molecular flexibility index (Phi) is 11.8. The highest BCUT2D eigenvalue weighted by Gasteiger charge is 2.05. The molecule has 0 aliphatic carbocycles. The molecule has 0 aliphatic heterocycles. The topological polar surface area (TPSA) is 59.0 Å². The number of unbranched alkanes of at least 4 members (excludes halogenated alkanes) is 11. The number of urea groups is 1. The Bertz CT molecular complexity index is 470. The predicted octanol–water partition coefficient (Wildman–Crippen LogP) is 5.55. The van der Waals surface area contributed by atoms with Crippen LogP contribution in [0.1, 0.15) is 89.7 Å². The van der Waals surface area contributed by atoms with Gasteiger partial charge in [-0.2, -0.15) is 5.10 Å². The Morgan fingerprint density at radius 2 is 1.48 bits per heavy atom. The Balaban J connectivity index is 1.87. The number of nitrogens with one attached hydrogen (secondary N) is 2. The summed E-state index contributed by atoms with van der Waals surface area (Å²) >= 11 is 0. The molecule has 0 spiro atoms. The number of rotatable bonds is 14. The summed E-state index contributed by atoms with van der Waals surface area (Å²) in [4.78, 5) is 11.8. The van der Waals surface area contributed by atoms with Crippen molar-refractivity contribution in [3.05, 3.63) is 11.8 Å². The summed E-state index contributed by atoms with van der Waals surface area (Å²) in [5.74, 6) is 0.727. The fourth-order valence-corrected chi connectivity index (χ4v) is 3.06. The molecule has 5 heteroatoms. The molecule has 0 saturated heterocycles. The lowest BCUT2D eigenvalue weighted by Gasteiger charge is -2.07. The zero-order chi connectivity index (χ0) is 18.3. The number of hydrogen-bond donors (Lipinski definition) is 2. The largest absolute Gasteiger partial charge is 0.338 e. The van der Waals surface area contributed by atoms with Crippen molar-refractivity contribution < 1.29 is 4.79 Å². The normalized spacial score (nSPS) is 10.8. The Morgan fingerprint density at radius 1 is 0.960 bits per heavy atom. The van der Waals surface area contributed by atoms with Gasteiger partial charge in [0.1, 0.15) is 5.82 Å². The number of hydrogen-bond acceptors (Lipinski definition) is 2. The van der Waals surface area contributed by atoms with Crippen LogP contribution in [0.5, 0.6) is 0 Å². The van der Waals surface area contributed by atoms with E-state index in [9.17, 15) is 4.79 Å². The first-order valence-corrected chi connectivity index (χ1v) is 10.2. The lowest BCUT2D eigenvalue weighted by molar-refractivity contribution is 0.251. The van der Waals surface area contributed by atoms with Gasteiger partial charge in [-0.15, -0.1) is 0 Å². The molecule has 0 aromatic carbocycles. The fraction of sp³-hybridized carbons (Fsp3) is 0.800. The molecule has 0 radical (unpaired) electrons. The van der Waals surface area contributed by atoms with E-state index in [-0.39, 0.29) is 6.03 Å². The molecule has 0 aliphatic rings. The Labute approximate surface area is 154 Å². The van der Waals surface area contributed by atoms with Crippen LogP contribution in [0.2, 0.25) is 0 Å². The average molecular weight is 351 g/mol. The van der Waals surface area contributed by atoms with Crippen molar-refractivity contribution in [1.82, 2.24) is 15.1 Å². The lowest BCUT2D eigenvalue weighted by Crippen LogP contribution is -2.30. The molecule has 1 heterocycles. The zero-order valence-corrected chi connectivity index (χ0v) is 16.6. The van der Waals surface area contributed by atoms with Gasteiger partial charge in [0.2, 0.25) is 0 Å². The van der Waals surface area contributed by atoms with Gasteiger partial charge in [-0.25, -0.2) is 4.79 Å². The summed E-state index contributed by atoms with van der Waals surface area (Å²) in [7, 11) is 1.83. The van der Waals surface area contributed by atoms with E-state index in [1.165, 1.54) is 70.6 Å². The van der Waals surface area contributed by atoms with E-state index in [1.807, 2.05) is 20.0 Å². The van der Waals surface area contributed by atoms with Gasteiger partial charge in [-0.05, 0) is 13.3 Å². The highest BCUT2D eigenvalue weighted by atomic mass is 16.2. The molecule has 0 saturated carbocycles. The molecule has 1 aromatic heterocycles. The minimum atomic E-state index is -0.147. The predicted molar refractivity (Wildman–Crippen MR) is 106 cm³/mol. The van der Waals surface area contributed by atoms with Crippen LogP contribution in [0.15, 0.2) is 6.07 Å². The smallest absolute Gasteiger partial charge is 0.320 e. The maximum absolute atomic E-state index is 11.8. The fourth-order valence-electron chi connectivity index (χ4n) is 3.06. The van der Waals surface area contributed by atoms with E-state index in [4.69, 9.17) is 0 Å². The Morgan fingerprint density at radius 3 is 1.96 bits per heavy atom. The number of nitrogens with zero attached hydrogens (tertiary/aromatic N) is 2. The molecule has 0 atom stereocenters. The summed E-state index contributed by atoms with van der Waals surface area (Å²) in [5.41, 5.74) is 0.902. The number of aryl methyl sites for hydroxylation is 2. The number of aromatic nitrogens is 2. The van der Waals surface area contributed by atoms with Crippen molar-refractivity contribution in [2.75, 3.05) is 11.9 Å². The maximum Gasteiger partial charge on any atom is 0.320 e. The number of carbonyl (C=O) groups excluding carboxylic acids is 1. The first-order valence-electron chi connectivity index (χ1n) is 10.2. The van der Waals surface area contributed by atoms with Crippen molar-refractivity contribution in [2.45, 2.75) is 90.9 Å². The third-order valence-corrected chi connectivity index (χ3v) is 4.56. The molecule has 0 fully saturated rings. The molecule has 2 amide bonds. The van der Waals surface area contributed by atoms with E-state index in [2.05, 4.69) is 22.7 Å². The minimum absolute atomic E-state index is 0.147. The van der Waals surface area contributed by atoms with Crippen LogP contribution in [0.3, 0.4) is 0 Å². The van der Waals surface area contributed by atoms with Crippen molar-refractivity contribution in [3.8, 4) is 0 Å². The zero-order valence-electron chi connectivity index (χ0n) is 16.6. The van der Waals surface area contributed by atoms with Crippen LogP contribution in [0.4, 0.5) is 10.6 Å². The molecule has 0 unspecified atom stereocenters. The van der Waals surface area contributed by atoms with Gasteiger partial charge in [-0.1, -0.05) is 77.6 Å². The molecular formula is C20H38N4O. The summed E-state index contributed by atoms with van der Waals surface area (Å²) < 4.78 is 1.68. The van der Waals surface area contributed by atoms with Gasteiger partial charge < -0.3 is 5.32 Å². The third kappa shape index (κ3) is 10.8. The van der Waals surface area contributed by atoms with Gasteiger partial charge in [-0.3, -0.25) is 10.00 Å². The molecule has 0 bridgehead atoms. The van der Waals surface area contributed by atoms with E-state index in [0.29, 0.717) is 0 Å². The third-order valence-electron chi connectivity index (χ3n) is 4.56. The van der Waals surface area contributed by atoms with E-state index >= 15 is 0 Å². The SMILES string of the molecule is CCCCCCCCCCCCCCNC(=O)Nc1cc(C)nn1C. The lowest BCUT2D eigenvalue weighted by atomic mass is 10.1. The van der Waals surface area contributed by atoms with Crippen molar-refractivity contribution in [1.29, 1.82) is 0 Å². The number of amides is 2. The van der Waals surface area contributed by atoms with Crippen LogP contribution >= 0.6 is 0 Å². The molecule has 1 rings (SSSR count). The molecule has 1 aromatic rings. The van der Waals surface area contributed by atoms with Crippen LogP contribution in [-0.4, -0.2) is 22.4 Å². The highest BCUT2D eigenvalue weighted by Crippen LogP contribution is 2.12. The van der Waals surface area contributed by atoms with Gasteiger partial charge in [0.05, 0.1) is 5.69 Å². The molecule has 25 heavy (non-hydrogen) atoms. The quantitative estimate of drug-likeness (QED) is 0.432. The average Bonchev–Trinajstić information content (AvgIpc) is 2.89. The minimum Gasteiger partial charge on any atom is -0.338 e. The van der Waals surface area contributed by atoms with E-state index < -0.39 is 0 Å². The van der Waals surface area contributed by atoms with Gasteiger partial charge in [0.25, 0.3) is 0 Å². The van der Waals surface area contributed by atoms with Crippen LogP contribution in [-0.2, 0) is 7.05 Å². The number of carbonyl (C=O) groups is 1.